The number of aryl methyl sites for hydroxylation is 1. The van der Waals surface area contributed by atoms with Gasteiger partial charge in [0.05, 0.1) is 11.6 Å². The van der Waals surface area contributed by atoms with Crippen molar-refractivity contribution in [3.63, 3.8) is 0 Å². The SMILES string of the molecule is Cc1ccc2nc(COC(=O)C(C)Cc3ccc(Br)cc3)cc(=O)n2c1. The molecule has 0 radical (unpaired) electrons. The Morgan fingerprint density at radius 2 is 1.96 bits per heavy atom. The Hall–Kier alpha value is -2.47. The van der Waals surface area contributed by atoms with Crippen molar-refractivity contribution in [3.8, 4) is 0 Å². The van der Waals surface area contributed by atoms with Crippen LogP contribution in [0.4, 0.5) is 0 Å². The molecule has 2 heterocycles. The van der Waals surface area contributed by atoms with E-state index in [2.05, 4.69) is 20.9 Å². The molecule has 26 heavy (non-hydrogen) atoms. The van der Waals surface area contributed by atoms with Crippen LogP contribution in [0.15, 0.2) is 57.9 Å². The van der Waals surface area contributed by atoms with E-state index in [1.807, 2.05) is 44.2 Å². The highest BCUT2D eigenvalue weighted by Crippen LogP contribution is 2.15. The van der Waals surface area contributed by atoms with Gasteiger partial charge in [-0.05, 0) is 42.7 Å². The molecule has 0 fully saturated rings. The van der Waals surface area contributed by atoms with Crippen LogP contribution in [0.3, 0.4) is 0 Å². The number of pyridine rings is 1. The molecule has 0 saturated heterocycles. The van der Waals surface area contributed by atoms with E-state index in [1.165, 1.54) is 10.5 Å². The largest absolute Gasteiger partial charge is 0.459 e. The van der Waals surface area contributed by atoms with Gasteiger partial charge in [-0.25, -0.2) is 4.98 Å². The van der Waals surface area contributed by atoms with Crippen LogP contribution in [0.25, 0.3) is 5.65 Å². The highest BCUT2D eigenvalue weighted by Gasteiger charge is 2.16. The van der Waals surface area contributed by atoms with Crippen LogP contribution in [0.5, 0.6) is 0 Å². The number of ether oxygens (including phenoxy) is 1. The Morgan fingerprint density at radius 3 is 2.69 bits per heavy atom. The molecule has 0 aliphatic rings. The van der Waals surface area contributed by atoms with E-state index in [-0.39, 0.29) is 24.1 Å². The summed E-state index contributed by atoms with van der Waals surface area (Å²) in [7, 11) is 0. The molecular formula is C20H19BrN2O3. The number of fused-ring (bicyclic) bond motifs is 1. The summed E-state index contributed by atoms with van der Waals surface area (Å²) in [5.74, 6) is -0.584. The third kappa shape index (κ3) is 4.38. The van der Waals surface area contributed by atoms with Gasteiger partial charge in [-0.15, -0.1) is 0 Å². The van der Waals surface area contributed by atoms with Crippen LogP contribution in [-0.4, -0.2) is 15.4 Å². The average Bonchev–Trinajstić information content (AvgIpc) is 2.62. The van der Waals surface area contributed by atoms with Crippen molar-refractivity contribution in [1.82, 2.24) is 9.38 Å². The van der Waals surface area contributed by atoms with E-state index in [4.69, 9.17) is 4.74 Å². The first-order valence-corrected chi connectivity index (χ1v) is 9.12. The molecule has 0 aliphatic carbocycles. The molecule has 6 heteroatoms. The Bertz CT molecular complexity index is 996. The molecule has 0 bridgehead atoms. The lowest BCUT2D eigenvalue weighted by Crippen LogP contribution is -2.19. The number of halogens is 1. The van der Waals surface area contributed by atoms with Crippen molar-refractivity contribution in [2.24, 2.45) is 5.92 Å². The molecule has 134 valence electrons. The molecule has 1 aromatic carbocycles. The van der Waals surface area contributed by atoms with E-state index in [0.29, 0.717) is 17.8 Å². The lowest BCUT2D eigenvalue weighted by Gasteiger charge is -2.12. The summed E-state index contributed by atoms with van der Waals surface area (Å²) in [5, 5.41) is 0. The first kappa shape index (κ1) is 18.3. The maximum Gasteiger partial charge on any atom is 0.309 e. The highest BCUT2D eigenvalue weighted by molar-refractivity contribution is 9.10. The molecule has 0 saturated carbocycles. The summed E-state index contributed by atoms with van der Waals surface area (Å²) >= 11 is 3.39. The second-order valence-corrected chi connectivity index (χ2v) is 7.28. The number of carbonyl (C=O) groups excluding carboxylic acids is 1. The summed E-state index contributed by atoms with van der Waals surface area (Å²) in [4.78, 5) is 28.8. The number of hydrogen-bond acceptors (Lipinski definition) is 4. The van der Waals surface area contributed by atoms with Crippen LogP contribution in [0.1, 0.15) is 23.7 Å². The van der Waals surface area contributed by atoms with Crippen molar-refractivity contribution in [2.75, 3.05) is 0 Å². The van der Waals surface area contributed by atoms with E-state index < -0.39 is 0 Å². The predicted octanol–water partition coefficient (Wildman–Crippen LogP) is 3.69. The van der Waals surface area contributed by atoms with Gasteiger partial charge in [0.25, 0.3) is 5.56 Å². The van der Waals surface area contributed by atoms with Gasteiger partial charge in [0.15, 0.2) is 0 Å². The van der Waals surface area contributed by atoms with Gasteiger partial charge < -0.3 is 4.74 Å². The highest BCUT2D eigenvalue weighted by atomic mass is 79.9. The van der Waals surface area contributed by atoms with Gasteiger partial charge in [0, 0.05) is 16.7 Å². The minimum Gasteiger partial charge on any atom is -0.459 e. The topological polar surface area (TPSA) is 60.7 Å². The van der Waals surface area contributed by atoms with E-state index in [0.717, 1.165) is 15.6 Å². The number of benzene rings is 1. The van der Waals surface area contributed by atoms with Gasteiger partial charge in [-0.2, -0.15) is 0 Å². The predicted molar refractivity (Wildman–Crippen MR) is 103 cm³/mol. The summed E-state index contributed by atoms with van der Waals surface area (Å²) in [5.41, 5.74) is 2.84. The van der Waals surface area contributed by atoms with Crippen molar-refractivity contribution in [1.29, 1.82) is 0 Å². The molecule has 0 spiro atoms. The number of nitrogens with zero attached hydrogens (tertiary/aromatic N) is 2. The molecule has 3 aromatic rings. The fraction of sp³-hybridized carbons (Fsp3) is 0.250. The third-order valence-corrected chi connectivity index (χ3v) is 4.61. The molecule has 1 atom stereocenters. The smallest absolute Gasteiger partial charge is 0.309 e. The Labute approximate surface area is 159 Å². The molecule has 0 amide bonds. The summed E-state index contributed by atoms with van der Waals surface area (Å²) in [6.45, 7) is 3.73. The fourth-order valence-corrected chi connectivity index (χ4v) is 2.94. The Balaban J connectivity index is 1.65. The average molecular weight is 415 g/mol. The Kier molecular flexibility index (Phi) is 5.52. The van der Waals surface area contributed by atoms with Gasteiger partial charge >= 0.3 is 5.97 Å². The quantitative estimate of drug-likeness (QED) is 0.597. The summed E-state index contributed by atoms with van der Waals surface area (Å²) in [6, 6.07) is 12.9. The maximum atomic E-state index is 12.2. The number of carbonyl (C=O) groups is 1. The molecule has 0 aliphatic heterocycles. The summed E-state index contributed by atoms with van der Waals surface area (Å²) in [6.07, 6.45) is 2.33. The van der Waals surface area contributed by atoms with Crippen molar-refractivity contribution in [3.05, 3.63) is 80.3 Å². The van der Waals surface area contributed by atoms with Crippen molar-refractivity contribution < 1.29 is 9.53 Å². The number of hydrogen-bond donors (Lipinski definition) is 0. The Morgan fingerprint density at radius 1 is 1.23 bits per heavy atom. The van der Waals surface area contributed by atoms with E-state index in [1.54, 1.807) is 12.3 Å². The summed E-state index contributed by atoms with van der Waals surface area (Å²) < 4.78 is 7.84. The third-order valence-electron chi connectivity index (χ3n) is 4.08. The minimum absolute atomic E-state index is 0.0108. The second kappa shape index (κ2) is 7.83. The van der Waals surface area contributed by atoms with Crippen molar-refractivity contribution in [2.45, 2.75) is 26.9 Å². The molecule has 0 N–H and O–H groups in total. The van der Waals surface area contributed by atoms with Crippen LogP contribution in [-0.2, 0) is 22.6 Å². The standard InChI is InChI=1S/C20H19BrN2O3/c1-13-3-8-18-22-17(10-19(24)23(18)11-13)12-26-20(25)14(2)9-15-4-6-16(21)7-5-15/h3-8,10-11,14H,9,12H2,1-2H3. The molecular weight excluding hydrogens is 396 g/mol. The van der Waals surface area contributed by atoms with E-state index >= 15 is 0 Å². The number of esters is 1. The lowest BCUT2D eigenvalue weighted by molar-refractivity contribution is -0.149. The molecule has 5 nitrogen and oxygen atoms in total. The molecule has 2 aromatic heterocycles. The minimum atomic E-state index is -0.307. The van der Waals surface area contributed by atoms with Gasteiger partial charge in [0.1, 0.15) is 12.3 Å². The molecule has 1 unspecified atom stereocenters. The zero-order valence-corrected chi connectivity index (χ0v) is 16.2. The first-order chi connectivity index (χ1) is 12.4. The zero-order chi connectivity index (χ0) is 18.7. The van der Waals surface area contributed by atoms with E-state index in [9.17, 15) is 9.59 Å². The second-order valence-electron chi connectivity index (χ2n) is 6.36. The lowest BCUT2D eigenvalue weighted by atomic mass is 10.0. The normalized spacial score (nSPS) is 12.1. The first-order valence-electron chi connectivity index (χ1n) is 8.32. The monoisotopic (exact) mass is 414 g/mol. The molecule has 3 rings (SSSR count). The zero-order valence-electron chi connectivity index (χ0n) is 14.6. The number of rotatable bonds is 5. The van der Waals surface area contributed by atoms with Crippen LogP contribution >= 0.6 is 15.9 Å². The van der Waals surface area contributed by atoms with Crippen LogP contribution in [0, 0.1) is 12.8 Å². The van der Waals surface area contributed by atoms with Crippen LogP contribution < -0.4 is 5.56 Å². The maximum absolute atomic E-state index is 12.2. The van der Waals surface area contributed by atoms with Gasteiger partial charge in [0.2, 0.25) is 0 Å². The fourth-order valence-electron chi connectivity index (χ4n) is 2.68. The van der Waals surface area contributed by atoms with Crippen molar-refractivity contribution >= 4 is 27.5 Å². The van der Waals surface area contributed by atoms with Gasteiger partial charge in [-0.3, -0.25) is 14.0 Å². The number of aromatic nitrogens is 2. The van der Waals surface area contributed by atoms with Gasteiger partial charge in [-0.1, -0.05) is 41.1 Å². The van der Waals surface area contributed by atoms with Crippen LogP contribution in [0.2, 0.25) is 0 Å².